The fourth-order valence-corrected chi connectivity index (χ4v) is 3.52. The Hall–Kier alpha value is -2.68. The van der Waals surface area contributed by atoms with E-state index in [4.69, 9.17) is 5.10 Å². The highest BCUT2D eigenvalue weighted by atomic mass is 16.1. The maximum atomic E-state index is 12.7. The van der Waals surface area contributed by atoms with Crippen molar-refractivity contribution in [2.24, 2.45) is 0 Å². The van der Waals surface area contributed by atoms with Crippen LogP contribution in [0.15, 0.2) is 71.5 Å². The topological polar surface area (TPSA) is 34.9 Å². The van der Waals surface area contributed by atoms with Crippen LogP contribution in [0.5, 0.6) is 0 Å². The van der Waals surface area contributed by atoms with Crippen molar-refractivity contribution < 1.29 is 0 Å². The highest BCUT2D eigenvalue weighted by Crippen LogP contribution is 2.28. The molecule has 1 heterocycles. The third kappa shape index (κ3) is 5.41. The van der Waals surface area contributed by atoms with Gasteiger partial charge in [-0.25, -0.2) is 4.68 Å². The monoisotopic (exact) mass is 374 g/mol. The lowest BCUT2D eigenvalue weighted by atomic mass is 10.0. The molecule has 0 aliphatic carbocycles. The maximum Gasteiger partial charge on any atom is 0.267 e. The van der Waals surface area contributed by atoms with Crippen LogP contribution in [0, 0.1) is 0 Å². The molecule has 3 rings (SSSR count). The van der Waals surface area contributed by atoms with Crippen molar-refractivity contribution in [1.82, 2.24) is 9.78 Å². The van der Waals surface area contributed by atoms with Crippen LogP contribution < -0.4 is 5.56 Å². The molecule has 0 unspecified atom stereocenters. The second kappa shape index (κ2) is 10.6. The first kappa shape index (κ1) is 20.1. The quantitative estimate of drug-likeness (QED) is 0.389. The molecule has 0 aliphatic rings. The number of hydrogen-bond acceptors (Lipinski definition) is 2. The smallest absolute Gasteiger partial charge is 0.267 e. The lowest BCUT2D eigenvalue weighted by Crippen LogP contribution is -2.23. The van der Waals surface area contributed by atoms with E-state index in [9.17, 15) is 4.79 Å². The Morgan fingerprint density at radius 2 is 1.32 bits per heavy atom. The Morgan fingerprint density at radius 3 is 1.96 bits per heavy atom. The molecule has 0 N–H and O–H groups in total. The van der Waals surface area contributed by atoms with Crippen LogP contribution in [-0.4, -0.2) is 9.78 Å². The summed E-state index contributed by atoms with van der Waals surface area (Å²) in [6.07, 6.45) is 8.59. The Bertz CT molecular complexity index is 901. The number of nitrogens with zero attached hydrogens (tertiary/aromatic N) is 2. The Kier molecular flexibility index (Phi) is 7.60. The second-order valence-electron chi connectivity index (χ2n) is 7.32. The zero-order valence-corrected chi connectivity index (χ0v) is 16.8. The summed E-state index contributed by atoms with van der Waals surface area (Å²) in [6, 6.07) is 21.9. The molecule has 0 radical (unpaired) electrons. The third-order valence-electron chi connectivity index (χ3n) is 5.10. The average molecular weight is 375 g/mol. The summed E-state index contributed by atoms with van der Waals surface area (Å²) < 4.78 is 1.64. The summed E-state index contributed by atoms with van der Waals surface area (Å²) in [6.45, 7) is 2.92. The average Bonchev–Trinajstić information content (AvgIpc) is 2.75. The van der Waals surface area contributed by atoms with Crippen molar-refractivity contribution in [3.05, 3.63) is 77.1 Å². The first-order chi connectivity index (χ1) is 13.8. The number of aryl methyl sites for hydroxylation is 1. The third-order valence-corrected chi connectivity index (χ3v) is 5.10. The number of unbranched alkanes of at least 4 members (excludes halogenated alkanes) is 6. The minimum absolute atomic E-state index is 0.0236. The van der Waals surface area contributed by atoms with Crippen LogP contribution in [0.4, 0.5) is 0 Å². The van der Waals surface area contributed by atoms with Crippen molar-refractivity contribution >= 4 is 0 Å². The first-order valence-electron chi connectivity index (χ1n) is 10.5. The predicted octanol–water partition coefficient (Wildman–Crippen LogP) is 6.33. The van der Waals surface area contributed by atoms with Crippen LogP contribution in [0.1, 0.15) is 51.9 Å². The highest BCUT2D eigenvalue weighted by molar-refractivity contribution is 5.80. The van der Waals surface area contributed by atoms with Crippen molar-refractivity contribution in [1.29, 1.82) is 0 Å². The summed E-state index contributed by atoms with van der Waals surface area (Å²) in [4.78, 5) is 12.7. The molecule has 0 spiro atoms. The molecule has 1 aromatic heterocycles. The molecule has 0 fully saturated rings. The summed E-state index contributed by atoms with van der Waals surface area (Å²) in [5, 5.41) is 4.77. The van der Waals surface area contributed by atoms with Gasteiger partial charge in [0.25, 0.3) is 5.56 Å². The van der Waals surface area contributed by atoms with Crippen LogP contribution in [-0.2, 0) is 6.54 Å². The van der Waals surface area contributed by atoms with Gasteiger partial charge in [-0.2, -0.15) is 5.10 Å². The van der Waals surface area contributed by atoms with Gasteiger partial charge in [0.05, 0.1) is 5.69 Å². The summed E-state index contributed by atoms with van der Waals surface area (Å²) in [5.74, 6) is 0. The van der Waals surface area contributed by atoms with Crippen LogP contribution in [0.3, 0.4) is 0 Å². The Labute approximate surface area is 168 Å². The van der Waals surface area contributed by atoms with Gasteiger partial charge < -0.3 is 0 Å². The molecule has 146 valence electrons. The molecule has 0 saturated heterocycles. The van der Waals surface area contributed by atoms with E-state index in [2.05, 4.69) is 19.1 Å². The molecule has 0 saturated carbocycles. The summed E-state index contributed by atoms with van der Waals surface area (Å²) >= 11 is 0. The van der Waals surface area contributed by atoms with E-state index in [1.807, 2.05) is 48.5 Å². The zero-order chi connectivity index (χ0) is 19.6. The molecule has 0 aliphatic heterocycles. The molecule has 28 heavy (non-hydrogen) atoms. The van der Waals surface area contributed by atoms with Gasteiger partial charge in [-0.1, -0.05) is 106 Å². The molecule has 0 amide bonds. The molecular formula is C25H30N2O. The molecule has 2 aromatic carbocycles. The molecule has 3 aromatic rings. The van der Waals surface area contributed by atoms with Gasteiger partial charge in [-0.3, -0.25) is 4.79 Å². The molecule has 0 bridgehead atoms. The van der Waals surface area contributed by atoms with Crippen molar-refractivity contribution in [3.8, 4) is 22.4 Å². The van der Waals surface area contributed by atoms with Gasteiger partial charge in [0.1, 0.15) is 0 Å². The Balaban J connectivity index is 1.80. The van der Waals surface area contributed by atoms with Crippen LogP contribution >= 0.6 is 0 Å². The van der Waals surface area contributed by atoms with Gasteiger partial charge in [0, 0.05) is 23.7 Å². The molecular weight excluding hydrogens is 344 g/mol. The van der Waals surface area contributed by atoms with Gasteiger partial charge in [0.2, 0.25) is 0 Å². The van der Waals surface area contributed by atoms with Gasteiger partial charge in [-0.15, -0.1) is 0 Å². The SMILES string of the molecule is CCCCCCCCCn1nc(-c2ccccc2)c(-c2ccccc2)cc1=O. The number of aromatic nitrogens is 2. The van der Waals surface area contributed by atoms with Gasteiger partial charge in [-0.05, 0) is 12.0 Å². The predicted molar refractivity (Wildman–Crippen MR) is 117 cm³/mol. The van der Waals surface area contributed by atoms with E-state index >= 15 is 0 Å². The van der Waals surface area contributed by atoms with E-state index < -0.39 is 0 Å². The van der Waals surface area contributed by atoms with E-state index in [1.165, 1.54) is 32.1 Å². The summed E-state index contributed by atoms with van der Waals surface area (Å²) in [7, 11) is 0. The maximum absolute atomic E-state index is 12.7. The molecule has 3 heteroatoms. The molecule has 3 nitrogen and oxygen atoms in total. The van der Waals surface area contributed by atoms with E-state index in [0.717, 1.165) is 35.2 Å². The zero-order valence-electron chi connectivity index (χ0n) is 16.8. The van der Waals surface area contributed by atoms with Crippen molar-refractivity contribution in [3.63, 3.8) is 0 Å². The normalized spacial score (nSPS) is 10.9. The number of hydrogen-bond donors (Lipinski definition) is 0. The van der Waals surface area contributed by atoms with Crippen LogP contribution in [0.2, 0.25) is 0 Å². The fraction of sp³-hybridized carbons (Fsp3) is 0.360. The largest absolute Gasteiger partial charge is 0.268 e. The van der Waals surface area contributed by atoms with Crippen LogP contribution in [0.25, 0.3) is 22.4 Å². The number of benzene rings is 2. The second-order valence-corrected chi connectivity index (χ2v) is 7.32. The van der Waals surface area contributed by atoms with Gasteiger partial charge in [0.15, 0.2) is 0 Å². The number of rotatable bonds is 10. The van der Waals surface area contributed by atoms with E-state index in [-0.39, 0.29) is 5.56 Å². The standard InChI is InChI=1S/C25H30N2O/c1-2-3-4-5-6-7-14-19-27-24(28)20-23(21-15-10-8-11-16-21)25(26-27)22-17-12-9-13-18-22/h8-13,15-18,20H,2-7,14,19H2,1H3. The van der Waals surface area contributed by atoms with Crippen molar-refractivity contribution in [2.75, 3.05) is 0 Å². The van der Waals surface area contributed by atoms with Gasteiger partial charge >= 0.3 is 0 Å². The molecule has 0 atom stereocenters. The van der Waals surface area contributed by atoms with Crippen molar-refractivity contribution in [2.45, 2.75) is 58.4 Å². The van der Waals surface area contributed by atoms with E-state index in [0.29, 0.717) is 6.54 Å². The van der Waals surface area contributed by atoms with E-state index in [1.54, 1.807) is 10.7 Å². The minimum atomic E-state index is -0.0236. The lowest BCUT2D eigenvalue weighted by molar-refractivity contribution is 0.508. The minimum Gasteiger partial charge on any atom is -0.268 e. The fourth-order valence-electron chi connectivity index (χ4n) is 3.52. The highest BCUT2D eigenvalue weighted by Gasteiger charge is 2.12. The lowest BCUT2D eigenvalue weighted by Gasteiger charge is -2.13. The Morgan fingerprint density at radius 1 is 0.750 bits per heavy atom. The first-order valence-corrected chi connectivity index (χ1v) is 10.5. The summed E-state index contributed by atoms with van der Waals surface area (Å²) in [5.41, 5.74) is 3.80.